The molecular formula is C16H22ClNOS. The summed E-state index contributed by atoms with van der Waals surface area (Å²) in [5.41, 5.74) is 0. The van der Waals surface area contributed by atoms with Gasteiger partial charge in [0.15, 0.2) is 0 Å². The molecule has 0 saturated carbocycles. The lowest BCUT2D eigenvalue weighted by Gasteiger charge is -2.07. The maximum absolute atomic E-state index is 6.40. The Morgan fingerprint density at radius 3 is 2.85 bits per heavy atom. The fraction of sp³-hybridized carbons (Fsp3) is 0.500. The fourth-order valence-electron chi connectivity index (χ4n) is 2.00. The lowest BCUT2D eigenvalue weighted by Crippen LogP contribution is -2.16. The molecule has 0 aliphatic heterocycles. The molecule has 110 valence electrons. The third-order valence-electron chi connectivity index (χ3n) is 2.98. The van der Waals surface area contributed by atoms with E-state index in [1.54, 1.807) is 11.3 Å². The van der Waals surface area contributed by atoms with Crippen molar-refractivity contribution in [1.82, 2.24) is 5.32 Å². The molecule has 0 aliphatic carbocycles. The standard InChI is InChI=1S/C16H22ClNOS/c1-12(2)11-19-9-5-8-18-10-15-16(17)13-6-3-4-7-14(13)20-15/h3-4,6-7,12,18H,5,8-11H2,1-2H3. The van der Waals surface area contributed by atoms with Crippen LogP contribution in [0.15, 0.2) is 24.3 Å². The van der Waals surface area contributed by atoms with Gasteiger partial charge in [-0.3, -0.25) is 0 Å². The van der Waals surface area contributed by atoms with Crippen molar-refractivity contribution in [2.45, 2.75) is 26.8 Å². The van der Waals surface area contributed by atoms with E-state index in [9.17, 15) is 0 Å². The Labute approximate surface area is 130 Å². The molecule has 0 amide bonds. The van der Waals surface area contributed by atoms with Crippen LogP contribution in [0.1, 0.15) is 25.1 Å². The molecular weight excluding hydrogens is 290 g/mol. The second-order valence-electron chi connectivity index (χ2n) is 5.33. The van der Waals surface area contributed by atoms with Crippen molar-refractivity contribution in [3.8, 4) is 0 Å². The number of nitrogens with one attached hydrogen (secondary N) is 1. The molecule has 0 atom stereocenters. The SMILES string of the molecule is CC(C)COCCCNCc1sc2ccccc2c1Cl. The average molecular weight is 312 g/mol. The van der Waals surface area contributed by atoms with E-state index in [1.807, 2.05) is 6.07 Å². The summed E-state index contributed by atoms with van der Waals surface area (Å²) < 4.78 is 6.81. The van der Waals surface area contributed by atoms with Crippen LogP contribution in [0.25, 0.3) is 10.1 Å². The molecule has 0 spiro atoms. The highest BCUT2D eigenvalue weighted by atomic mass is 35.5. The molecule has 0 fully saturated rings. The first-order valence-corrected chi connectivity index (χ1v) is 8.32. The highest BCUT2D eigenvalue weighted by Crippen LogP contribution is 2.34. The van der Waals surface area contributed by atoms with E-state index in [-0.39, 0.29) is 0 Å². The number of thiophene rings is 1. The highest BCUT2D eigenvalue weighted by Gasteiger charge is 2.08. The van der Waals surface area contributed by atoms with E-state index in [2.05, 4.69) is 37.4 Å². The van der Waals surface area contributed by atoms with Crippen LogP contribution < -0.4 is 5.32 Å². The van der Waals surface area contributed by atoms with Gasteiger partial charge in [0.25, 0.3) is 0 Å². The predicted molar refractivity (Wildman–Crippen MR) is 88.8 cm³/mol. The molecule has 1 aromatic carbocycles. The summed E-state index contributed by atoms with van der Waals surface area (Å²) in [6.45, 7) is 7.81. The number of benzene rings is 1. The minimum atomic E-state index is 0.611. The number of rotatable bonds is 8. The summed E-state index contributed by atoms with van der Waals surface area (Å²) in [6, 6.07) is 8.29. The lowest BCUT2D eigenvalue weighted by molar-refractivity contribution is 0.108. The van der Waals surface area contributed by atoms with Crippen molar-refractivity contribution in [3.05, 3.63) is 34.2 Å². The Kier molecular flexibility index (Phi) is 6.30. The highest BCUT2D eigenvalue weighted by molar-refractivity contribution is 7.19. The normalized spacial score (nSPS) is 11.6. The van der Waals surface area contributed by atoms with Crippen molar-refractivity contribution in [3.63, 3.8) is 0 Å². The zero-order chi connectivity index (χ0) is 14.4. The van der Waals surface area contributed by atoms with Gasteiger partial charge >= 0.3 is 0 Å². The molecule has 0 unspecified atom stereocenters. The zero-order valence-electron chi connectivity index (χ0n) is 12.1. The van der Waals surface area contributed by atoms with Gasteiger partial charge in [0.05, 0.1) is 5.02 Å². The summed E-state index contributed by atoms with van der Waals surface area (Å²) in [7, 11) is 0. The van der Waals surface area contributed by atoms with E-state index in [1.165, 1.54) is 9.58 Å². The van der Waals surface area contributed by atoms with Gasteiger partial charge in [-0.15, -0.1) is 11.3 Å². The first kappa shape index (κ1) is 15.8. The van der Waals surface area contributed by atoms with Gasteiger partial charge in [-0.1, -0.05) is 43.6 Å². The van der Waals surface area contributed by atoms with E-state index >= 15 is 0 Å². The largest absolute Gasteiger partial charge is 0.381 e. The van der Waals surface area contributed by atoms with Crippen molar-refractivity contribution in [2.75, 3.05) is 19.8 Å². The molecule has 1 heterocycles. The van der Waals surface area contributed by atoms with Crippen LogP contribution in [0.3, 0.4) is 0 Å². The first-order valence-electron chi connectivity index (χ1n) is 7.13. The van der Waals surface area contributed by atoms with Crippen LogP contribution in [0.4, 0.5) is 0 Å². The molecule has 4 heteroatoms. The van der Waals surface area contributed by atoms with Gasteiger partial charge in [-0.25, -0.2) is 0 Å². The van der Waals surface area contributed by atoms with E-state index < -0.39 is 0 Å². The molecule has 1 aromatic heterocycles. The molecule has 2 rings (SSSR count). The Balaban J connectivity index is 1.72. The van der Waals surface area contributed by atoms with Gasteiger partial charge in [0.1, 0.15) is 0 Å². The number of hydrogen-bond acceptors (Lipinski definition) is 3. The smallest absolute Gasteiger partial charge is 0.0636 e. The minimum absolute atomic E-state index is 0.611. The molecule has 2 aromatic rings. The Bertz CT molecular complexity index is 538. The topological polar surface area (TPSA) is 21.3 Å². The van der Waals surface area contributed by atoms with E-state index in [0.717, 1.165) is 43.1 Å². The monoisotopic (exact) mass is 311 g/mol. The van der Waals surface area contributed by atoms with Gasteiger partial charge < -0.3 is 10.1 Å². The Hall–Kier alpha value is -0.610. The summed E-state index contributed by atoms with van der Waals surface area (Å²) in [5, 5.41) is 5.50. The van der Waals surface area contributed by atoms with Gasteiger partial charge in [0, 0.05) is 34.7 Å². The quantitative estimate of drug-likeness (QED) is 0.713. The summed E-state index contributed by atoms with van der Waals surface area (Å²) in [5.74, 6) is 0.611. The number of fused-ring (bicyclic) bond motifs is 1. The van der Waals surface area contributed by atoms with E-state index in [4.69, 9.17) is 16.3 Å². The molecule has 1 N–H and O–H groups in total. The van der Waals surface area contributed by atoms with Crippen LogP contribution in [-0.4, -0.2) is 19.8 Å². The van der Waals surface area contributed by atoms with Crippen LogP contribution >= 0.6 is 22.9 Å². The molecule has 0 radical (unpaired) electrons. The molecule has 0 aliphatic rings. The number of halogens is 1. The second kappa shape index (κ2) is 7.99. The maximum Gasteiger partial charge on any atom is 0.0636 e. The minimum Gasteiger partial charge on any atom is -0.381 e. The fourth-order valence-corrected chi connectivity index (χ4v) is 3.47. The molecule has 0 bridgehead atoms. The van der Waals surface area contributed by atoms with Crippen LogP contribution in [0.2, 0.25) is 5.02 Å². The molecule has 2 nitrogen and oxygen atoms in total. The average Bonchev–Trinajstić information content (AvgIpc) is 2.75. The lowest BCUT2D eigenvalue weighted by atomic mass is 10.2. The third-order valence-corrected chi connectivity index (χ3v) is 4.70. The number of ether oxygens (including phenoxy) is 1. The zero-order valence-corrected chi connectivity index (χ0v) is 13.7. The van der Waals surface area contributed by atoms with Crippen LogP contribution in [0, 0.1) is 5.92 Å². The third kappa shape index (κ3) is 4.45. The van der Waals surface area contributed by atoms with Crippen molar-refractivity contribution in [1.29, 1.82) is 0 Å². The molecule has 20 heavy (non-hydrogen) atoms. The van der Waals surface area contributed by atoms with Gasteiger partial charge in [0.2, 0.25) is 0 Å². The van der Waals surface area contributed by atoms with Gasteiger partial charge in [-0.2, -0.15) is 0 Å². The summed E-state index contributed by atoms with van der Waals surface area (Å²) in [4.78, 5) is 1.22. The summed E-state index contributed by atoms with van der Waals surface area (Å²) in [6.07, 6.45) is 1.04. The van der Waals surface area contributed by atoms with Crippen molar-refractivity contribution in [2.24, 2.45) is 5.92 Å². The van der Waals surface area contributed by atoms with Crippen molar-refractivity contribution >= 4 is 33.0 Å². The Morgan fingerprint density at radius 1 is 1.30 bits per heavy atom. The van der Waals surface area contributed by atoms with Crippen LogP contribution in [-0.2, 0) is 11.3 Å². The number of hydrogen-bond donors (Lipinski definition) is 1. The Morgan fingerprint density at radius 2 is 2.10 bits per heavy atom. The molecule has 0 saturated heterocycles. The van der Waals surface area contributed by atoms with E-state index in [0.29, 0.717) is 5.92 Å². The summed E-state index contributed by atoms with van der Waals surface area (Å²) >= 11 is 8.17. The predicted octanol–water partition coefficient (Wildman–Crippen LogP) is 4.71. The van der Waals surface area contributed by atoms with Crippen LogP contribution in [0.5, 0.6) is 0 Å². The van der Waals surface area contributed by atoms with Gasteiger partial charge in [-0.05, 0) is 24.9 Å². The second-order valence-corrected chi connectivity index (χ2v) is 6.85. The first-order chi connectivity index (χ1) is 9.68. The van der Waals surface area contributed by atoms with Crippen molar-refractivity contribution < 1.29 is 4.74 Å². The maximum atomic E-state index is 6.40.